The third-order valence-electron chi connectivity index (χ3n) is 2.20. The van der Waals surface area contributed by atoms with Gasteiger partial charge in [-0.3, -0.25) is 0 Å². The lowest BCUT2D eigenvalue weighted by atomic mass is 10.0. The normalized spacial score (nSPS) is 13.9. The predicted octanol–water partition coefficient (Wildman–Crippen LogP) is 1.20. The lowest BCUT2D eigenvalue weighted by Crippen LogP contribution is -2.20. The van der Waals surface area contributed by atoms with E-state index in [9.17, 15) is 10.2 Å². The van der Waals surface area contributed by atoms with Gasteiger partial charge >= 0.3 is 0 Å². The molecule has 0 aromatic heterocycles. The van der Waals surface area contributed by atoms with Crippen LogP contribution in [0.2, 0.25) is 0 Å². The maximum absolute atomic E-state index is 9.77. The number of hydrogen-bond acceptors (Lipinski definition) is 4. The van der Waals surface area contributed by atoms with Gasteiger partial charge in [-0.15, -0.1) is 11.6 Å². The number of aliphatic hydroxyl groups is 2. The van der Waals surface area contributed by atoms with Gasteiger partial charge in [0.05, 0.1) is 30.7 Å². The summed E-state index contributed by atoms with van der Waals surface area (Å²) in [5.41, 5.74) is 0.836. The Morgan fingerprint density at radius 2 is 2.19 bits per heavy atom. The third kappa shape index (κ3) is 2.64. The van der Waals surface area contributed by atoms with Crippen molar-refractivity contribution < 1.29 is 14.9 Å². The molecule has 16 heavy (non-hydrogen) atoms. The summed E-state index contributed by atoms with van der Waals surface area (Å²) in [6.07, 6.45) is -2.19. The molecule has 0 aliphatic carbocycles. The van der Waals surface area contributed by atoms with Crippen LogP contribution in [-0.2, 0) is 0 Å². The average molecular weight is 242 g/mol. The SMILES string of the molecule is COc1cc(C#N)ccc1C(O)C(O)CCl. The molecule has 0 amide bonds. The molecule has 1 aromatic rings. The lowest BCUT2D eigenvalue weighted by molar-refractivity contribution is 0.0312. The van der Waals surface area contributed by atoms with Gasteiger partial charge < -0.3 is 14.9 Å². The molecular formula is C11H12ClNO3. The smallest absolute Gasteiger partial charge is 0.126 e. The summed E-state index contributed by atoms with van der Waals surface area (Å²) in [5, 5.41) is 27.9. The van der Waals surface area contributed by atoms with Crippen molar-refractivity contribution in [3.05, 3.63) is 29.3 Å². The lowest BCUT2D eigenvalue weighted by Gasteiger charge is -2.18. The zero-order chi connectivity index (χ0) is 12.1. The second-order valence-electron chi connectivity index (χ2n) is 3.24. The molecule has 2 N–H and O–H groups in total. The van der Waals surface area contributed by atoms with E-state index in [2.05, 4.69) is 0 Å². The van der Waals surface area contributed by atoms with Crippen LogP contribution in [0.4, 0.5) is 0 Å². The van der Waals surface area contributed by atoms with E-state index in [1.807, 2.05) is 6.07 Å². The maximum atomic E-state index is 9.77. The third-order valence-corrected chi connectivity index (χ3v) is 2.52. The van der Waals surface area contributed by atoms with Gasteiger partial charge in [0.2, 0.25) is 0 Å². The fraction of sp³-hybridized carbons (Fsp3) is 0.364. The highest BCUT2D eigenvalue weighted by Gasteiger charge is 2.21. The molecule has 0 bridgehead atoms. The minimum atomic E-state index is -1.12. The Kier molecular flexibility index (Phi) is 4.56. The summed E-state index contributed by atoms with van der Waals surface area (Å²) >= 11 is 5.45. The van der Waals surface area contributed by atoms with E-state index in [0.717, 1.165) is 0 Å². The van der Waals surface area contributed by atoms with E-state index in [-0.39, 0.29) is 5.88 Å². The summed E-state index contributed by atoms with van der Waals surface area (Å²) in [5.74, 6) is 0.278. The number of hydrogen-bond donors (Lipinski definition) is 2. The Labute approximate surface area is 98.7 Å². The number of nitriles is 1. The van der Waals surface area contributed by atoms with E-state index in [0.29, 0.717) is 16.9 Å². The molecule has 0 saturated heterocycles. The first-order chi connectivity index (χ1) is 7.63. The molecule has 0 fully saturated rings. The Hall–Kier alpha value is -1.28. The molecule has 2 unspecified atom stereocenters. The van der Waals surface area contributed by atoms with Crippen molar-refractivity contribution in [3.8, 4) is 11.8 Å². The fourth-order valence-electron chi connectivity index (χ4n) is 1.32. The molecule has 0 aliphatic rings. The van der Waals surface area contributed by atoms with E-state index < -0.39 is 12.2 Å². The highest BCUT2D eigenvalue weighted by molar-refractivity contribution is 6.18. The van der Waals surface area contributed by atoms with Crippen LogP contribution in [0.5, 0.6) is 5.75 Å². The molecule has 0 radical (unpaired) electrons. The number of ether oxygens (including phenoxy) is 1. The molecule has 86 valence electrons. The molecule has 1 rings (SSSR count). The number of benzene rings is 1. The molecule has 0 spiro atoms. The largest absolute Gasteiger partial charge is 0.496 e. The number of rotatable bonds is 4. The van der Waals surface area contributed by atoms with E-state index in [4.69, 9.17) is 21.6 Å². The first kappa shape index (κ1) is 12.8. The minimum Gasteiger partial charge on any atom is -0.496 e. The first-order valence-electron chi connectivity index (χ1n) is 4.64. The van der Waals surface area contributed by atoms with Gasteiger partial charge in [-0.25, -0.2) is 0 Å². The Morgan fingerprint density at radius 1 is 1.50 bits per heavy atom. The van der Waals surface area contributed by atoms with Crippen LogP contribution in [0.1, 0.15) is 17.2 Å². The second kappa shape index (κ2) is 5.71. The molecule has 4 nitrogen and oxygen atoms in total. The van der Waals surface area contributed by atoms with Crippen molar-refractivity contribution in [1.82, 2.24) is 0 Å². The summed E-state index contributed by atoms with van der Waals surface area (Å²) in [4.78, 5) is 0. The predicted molar refractivity (Wildman–Crippen MR) is 59.4 cm³/mol. The number of methoxy groups -OCH3 is 1. The van der Waals surface area contributed by atoms with Gasteiger partial charge in [0.1, 0.15) is 11.9 Å². The average Bonchev–Trinajstić information content (AvgIpc) is 2.35. The van der Waals surface area contributed by atoms with Crippen molar-refractivity contribution >= 4 is 11.6 Å². The van der Waals surface area contributed by atoms with Gasteiger partial charge in [0, 0.05) is 5.56 Å². The van der Waals surface area contributed by atoms with Crippen LogP contribution in [0.15, 0.2) is 18.2 Å². The van der Waals surface area contributed by atoms with Crippen LogP contribution < -0.4 is 4.74 Å². The quantitative estimate of drug-likeness (QED) is 0.777. The van der Waals surface area contributed by atoms with Crippen LogP contribution in [0, 0.1) is 11.3 Å². The summed E-state index contributed by atoms with van der Waals surface area (Å²) in [6.45, 7) is 0. The van der Waals surface area contributed by atoms with Crippen molar-refractivity contribution in [2.75, 3.05) is 13.0 Å². The standard InChI is InChI=1S/C11H12ClNO3/c1-16-10-4-7(6-13)2-3-8(10)11(15)9(14)5-12/h2-4,9,11,14-15H,5H2,1H3. The number of nitrogens with zero attached hydrogens (tertiary/aromatic N) is 1. The highest BCUT2D eigenvalue weighted by atomic mass is 35.5. The molecule has 0 saturated carbocycles. The molecule has 0 heterocycles. The van der Waals surface area contributed by atoms with Crippen LogP contribution >= 0.6 is 11.6 Å². The minimum absolute atomic E-state index is 0.0790. The van der Waals surface area contributed by atoms with Crippen LogP contribution in [-0.4, -0.2) is 29.3 Å². The van der Waals surface area contributed by atoms with E-state index >= 15 is 0 Å². The van der Waals surface area contributed by atoms with Gasteiger partial charge in [-0.05, 0) is 12.1 Å². The Balaban J connectivity index is 3.09. The van der Waals surface area contributed by atoms with E-state index in [1.54, 1.807) is 6.07 Å². The summed E-state index contributed by atoms with van der Waals surface area (Å²) in [6, 6.07) is 6.54. The first-order valence-corrected chi connectivity index (χ1v) is 5.17. The monoisotopic (exact) mass is 241 g/mol. The maximum Gasteiger partial charge on any atom is 0.126 e. The Bertz CT molecular complexity index is 403. The van der Waals surface area contributed by atoms with Crippen LogP contribution in [0.25, 0.3) is 0 Å². The number of halogens is 1. The fourth-order valence-corrected chi connectivity index (χ4v) is 1.49. The molecule has 5 heteroatoms. The van der Waals surface area contributed by atoms with Crippen molar-refractivity contribution in [1.29, 1.82) is 5.26 Å². The van der Waals surface area contributed by atoms with Crippen molar-refractivity contribution in [3.63, 3.8) is 0 Å². The van der Waals surface area contributed by atoms with Gasteiger partial charge in [-0.1, -0.05) is 6.07 Å². The van der Waals surface area contributed by atoms with Gasteiger partial charge in [0.25, 0.3) is 0 Å². The molecule has 1 aromatic carbocycles. The zero-order valence-electron chi connectivity index (χ0n) is 8.72. The van der Waals surface area contributed by atoms with E-state index in [1.165, 1.54) is 19.2 Å². The summed E-state index contributed by atoms with van der Waals surface area (Å²) in [7, 11) is 1.43. The van der Waals surface area contributed by atoms with Crippen molar-refractivity contribution in [2.45, 2.75) is 12.2 Å². The van der Waals surface area contributed by atoms with Crippen molar-refractivity contribution in [2.24, 2.45) is 0 Å². The molecular weight excluding hydrogens is 230 g/mol. The molecule has 2 atom stereocenters. The number of aliphatic hydroxyl groups excluding tert-OH is 2. The highest BCUT2D eigenvalue weighted by Crippen LogP contribution is 2.28. The molecule has 0 aliphatic heterocycles. The summed E-state index contributed by atoms with van der Waals surface area (Å²) < 4.78 is 5.04. The zero-order valence-corrected chi connectivity index (χ0v) is 9.48. The van der Waals surface area contributed by atoms with Gasteiger partial charge in [-0.2, -0.15) is 5.26 Å². The number of alkyl halides is 1. The van der Waals surface area contributed by atoms with Crippen LogP contribution in [0.3, 0.4) is 0 Å². The Morgan fingerprint density at radius 3 is 2.69 bits per heavy atom. The second-order valence-corrected chi connectivity index (χ2v) is 3.54. The topological polar surface area (TPSA) is 73.5 Å². The van der Waals surface area contributed by atoms with Gasteiger partial charge in [0.15, 0.2) is 0 Å².